The summed E-state index contributed by atoms with van der Waals surface area (Å²) < 4.78 is 28.3. The smallest absolute Gasteiger partial charge is 0.242 e. The van der Waals surface area contributed by atoms with Gasteiger partial charge in [-0.1, -0.05) is 47.5 Å². The molecule has 9 heteroatoms. The molecule has 1 aliphatic carbocycles. The Bertz CT molecular complexity index is 999. The van der Waals surface area contributed by atoms with Gasteiger partial charge in [-0.25, -0.2) is 8.42 Å². The zero-order chi connectivity index (χ0) is 21.0. The van der Waals surface area contributed by atoms with Crippen molar-refractivity contribution in [3.63, 3.8) is 0 Å². The van der Waals surface area contributed by atoms with Gasteiger partial charge in [0.15, 0.2) is 0 Å². The number of thioether (sulfide) groups is 1. The van der Waals surface area contributed by atoms with Crippen LogP contribution in [0.3, 0.4) is 0 Å². The van der Waals surface area contributed by atoms with Gasteiger partial charge in [0.2, 0.25) is 15.9 Å². The highest BCUT2D eigenvalue weighted by Crippen LogP contribution is 2.31. The molecule has 0 aromatic heterocycles. The van der Waals surface area contributed by atoms with Crippen molar-refractivity contribution in [1.29, 1.82) is 0 Å². The molecule has 156 valence electrons. The normalized spacial score (nSPS) is 17.0. The Morgan fingerprint density at radius 1 is 1.24 bits per heavy atom. The van der Waals surface area contributed by atoms with Gasteiger partial charge < -0.3 is 5.32 Å². The number of sulfonamides is 1. The molecule has 2 atom stereocenters. The third-order valence-electron chi connectivity index (χ3n) is 4.86. The van der Waals surface area contributed by atoms with Crippen molar-refractivity contribution in [3.05, 3.63) is 63.6 Å². The molecule has 2 aromatic carbocycles. The van der Waals surface area contributed by atoms with E-state index in [0.717, 1.165) is 18.4 Å². The van der Waals surface area contributed by atoms with Crippen LogP contribution in [0.5, 0.6) is 0 Å². The average Bonchev–Trinajstić information content (AvgIpc) is 3.09. The Hall–Kier alpha value is -1.25. The van der Waals surface area contributed by atoms with Gasteiger partial charge >= 0.3 is 0 Å². The summed E-state index contributed by atoms with van der Waals surface area (Å²) >= 11 is 13.5. The van der Waals surface area contributed by atoms with Gasteiger partial charge in [-0.15, -0.1) is 0 Å². The second kappa shape index (κ2) is 9.71. The highest BCUT2D eigenvalue weighted by Gasteiger charge is 2.30. The summed E-state index contributed by atoms with van der Waals surface area (Å²) in [6, 6.07) is 11.2. The lowest BCUT2D eigenvalue weighted by atomic mass is 10.1. The topological polar surface area (TPSA) is 75.3 Å². The molecular weight excluding hydrogens is 451 g/mol. The fourth-order valence-corrected chi connectivity index (χ4v) is 5.86. The number of rotatable bonds is 8. The lowest BCUT2D eigenvalue weighted by molar-refractivity contribution is -0.123. The lowest BCUT2D eigenvalue weighted by Crippen LogP contribution is -2.47. The highest BCUT2D eigenvalue weighted by atomic mass is 35.5. The molecule has 0 radical (unpaired) electrons. The van der Waals surface area contributed by atoms with E-state index >= 15 is 0 Å². The van der Waals surface area contributed by atoms with Crippen molar-refractivity contribution in [2.75, 3.05) is 12.0 Å². The van der Waals surface area contributed by atoms with Gasteiger partial charge in [0.25, 0.3) is 0 Å². The first kappa shape index (κ1) is 22.4. The number of aryl methyl sites for hydroxylation is 1. The average molecular weight is 473 g/mol. The van der Waals surface area contributed by atoms with Gasteiger partial charge in [0, 0.05) is 5.02 Å². The van der Waals surface area contributed by atoms with Gasteiger partial charge in [-0.3, -0.25) is 4.79 Å². The van der Waals surface area contributed by atoms with Crippen LogP contribution in [0.25, 0.3) is 0 Å². The van der Waals surface area contributed by atoms with E-state index in [1.165, 1.54) is 23.8 Å². The SMILES string of the molecule is CSCCC(NS(=O)(=O)c1cc(Cl)ccc1Cl)C(=O)NC1CCc2ccccc21. The molecule has 0 bridgehead atoms. The number of hydrogen-bond acceptors (Lipinski definition) is 4. The predicted molar refractivity (Wildman–Crippen MR) is 119 cm³/mol. The number of halogens is 2. The molecule has 0 spiro atoms. The maximum Gasteiger partial charge on any atom is 0.242 e. The van der Waals surface area contributed by atoms with Gasteiger partial charge in [0.05, 0.1) is 11.1 Å². The van der Waals surface area contributed by atoms with Crippen molar-refractivity contribution >= 4 is 50.9 Å². The van der Waals surface area contributed by atoms with E-state index in [9.17, 15) is 13.2 Å². The fourth-order valence-electron chi connectivity index (χ4n) is 3.39. The molecule has 0 saturated carbocycles. The van der Waals surface area contributed by atoms with E-state index in [1.807, 2.05) is 24.5 Å². The van der Waals surface area contributed by atoms with E-state index in [1.54, 1.807) is 11.8 Å². The lowest BCUT2D eigenvalue weighted by Gasteiger charge is -2.22. The third kappa shape index (κ3) is 5.47. The number of carbonyl (C=O) groups is 1. The van der Waals surface area contributed by atoms with Crippen molar-refractivity contribution in [3.8, 4) is 0 Å². The monoisotopic (exact) mass is 472 g/mol. The third-order valence-corrected chi connectivity index (χ3v) is 7.69. The maximum absolute atomic E-state index is 13.0. The Morgan fingerprint density at radius 3 is 2.76 bits per heavy atom. The number of fused-ring (bicyclic) bond motifs is 1. The first-order valence-corrected chi connectivity index (χ1v) is 12.8. The Labute approximate surface area is 185 Å². The van der Waals surface area contributed by atoms with E-state index in [2.05, 4.69) is 16.1 Å². The quantitative estimate of drug-likeness (QED) is 0.603. The van der Waals surface area contributed by atoms with E-state index in [-0.39, 0.29) is 26.9 Å². The van der Waals surface area contributed by atoms with Crippen LogP contribution in [-0.4, -0.2) is 32.4 Å². The number of benzene rings is 2. The molecule has 29 heavy (non-hydrogen) atoms. The molecule has 2 unspecified atom stereocenters. The number of carbonyl (C=O) groups excluding carboxylic acids is 1. The van der Waals surface area contributed by atoms with Crippen LogP contribution >= 0.6 is 35.0 Å². The zero-order valence-corrected chi connectivity index (χ0v) is 19.0. The second-order valence-corrected chi connectivity index (χ2v) is 10.3. The number of hydrogen-bond donors (Lipinski definition) is 2. The summed E-state index contributed by atoms with van der Waals surface area (Å²) in [6.07, 6.45) is 3.96. The Kier molecular flexibility index (Phi) is 7.51. The van der Waals surface area contributed by atoms with Crippen LogP contribution in [0.2, 0.25) is 10.0 Å². The van der Waals surface area contributed by atoms with Crippen molar-refractivity contribution in [1.82, 2.24) is 10.0 Å². The van der Waals surface area contributed by atoms with E-state index in [4.69, 9.17) is 23.2 Å². The predicted octanol–water partition coefficient (Wildman–Crippen LogP) is 4.20. The zero-order valence-electron chi connectivity index (χ0n) is 15.8. The highest BCUT2D eigenvalue weighted by molar-refractivity contribution is 7.98. The molecule has 0 fully saturated rings. The molecule has 2 N–H and O–H groups in total. The van der Waals surface area contributed by atoms with Crippen molar-refractivity contribution in [2.24, 2.45) is 0 Å². The van der Waals surface area contributed by atoms with E-state index in [0.29, 0.717) is 12.2 Å². The number of amides is 1. The largest absolute Gasteiger partial charge is 0.348 e. The molecule has 3 rings (SSSR count). The standard InChI is InChI=1S/C20H22Cl2N2O3S2/c1-28-11-10-18(24-29(26,27)19-12-14(21)7-8-16(19)22)20(25)23-17-9-6-13-4-2-3-5-15(13)17/h2-5,7-8,12,17-18,24H,6,9-11H2,1H3,(H,23,25). The summed E-state index contributed by atoms with van der Waals surface area (Å²) in [4.78, 5) is 12.8. The van der Waals surface area contributed by atoms with Crippen LogP contribution in [-0.2, 0) is 21.2 Å². The molecule has 0 saturated heterocycles. The molecule has 2 aromatic rings. The van der Waals surface area contributed by atoms with Gasteiger partial charge in [-0.2, -0.15) is 16.5 Å². The Balaban J connectivity index is 1.79. The van der Waals surface area contributed by atoms with Gasteiger partial charge in [0.1, 0.15) is 10.9 Å². The maximum atomic E-state index is 13.0. The summed E-state index contributed by atoms with van der Waals surface area (Å²) in [7, 11) is -4.02. The molecular formula is C20H22Cl2N2O3S2. The summed E-state index contributed by atoms with van der Waals surface area (Å²) in [6.45, 7) is 0. The van der Waals surface area contributed by atoms with Crippen LogP contribution in [0.15, 0.2) is 47.4 Å². The van der Waals surface area contributed by atoms with Gasteiger partial charge in [-0.05, 0) is 60.6 Å². The minimum absolute atomic E-state index is 0.0515. The van der Waals surface area contributed by atoms with Crippen LogP contribution < -0.4 is 10.0 Å². The first-order valence-electron chi connectivity index (χ1n) is 9.16. The first-order chi connectivity index (χ1) is 13.8. The number of nitrogens with one attached hydrogen (secondary N) is 2. The molecule has 1 amide bonds. The molecule has 0 heterocycles. The molecule has 1 aliphatic rings. The van der Waals surface area contributed by atoms with Crippen LogP contribution in [0.4, 0.5) is 0 Å². The van der Waals surface area contributed by atoms with Crippen LogP contribution in [0, 0.1) is 0 Å². The van der Waals surface area contributed by atoms with Crippen molar-refractivity contribution in [2.45, 2.75) is 36.2 Å². The van der Waals surface area contributed by atoms with Crippen molar-refractivity contribution < 1.29 is 13.2 Å². The van der Waals surface area contributed by atoms with Crippen LogP contribution in [0.1, 0.15) is 30.0 Å². The second-order valence-electron chi connectivity index (χ2n) is 6.83. The Morgan fingerprint density at radius 2 is 2.00 bits per heavy atom. The minimum atomic E-state index is -4.02. The molecule has 0 aliphatic heterocycles. The summed E-state index contributed by atoms with van der Waals surface area (Å²) in [5, 5.41) is 3.31. The minimum Gasteiger partial charge on any atom is -0.348 e. The molecule has 5 nitrogen and oxygen atoms in total. The summed E-state index contributed by atoms with van der Waals surface area (Å²) in [5.74, 6) is 0.285. The summed E-state index contributed by atoms with van der Waals surface area (Å²) in [5.41, 5.74) is 2.30. The fraction of sp³-hybridized carbons (Fsp3) is 0.350. The van der Waals surface area contributed by atoms with E-state index < -0.39 is 16.1 Å².